The van der Waals surface area contributed by atoms with Gasteiger partial charge in [0.05, 0.1) is 16.3 Å². The first-order chi connectivity index (χ1) is 20.9. The van der Waals surface area contributed by atoms with Gasteiger partial charge in [0, 0.05) is 39.8 Å². The summed E-state index contributed by atoms with van der Waals surface area (Å²) in [4.78, 5) is 41.7. The van der Waals surface area contributed by atoms with Crippen LogP contribution in [0.25, 0.3) is 11.3 Å². The number of rotatable bonds is 8. The van der Waals surface area contributed by atoms with Crippen LogP contribution in [0.2, 0.25) is 0 Å². The zero-order valence-corrected chi connectivity index (χ0v) is 23.5. The minimum atomic E-state index is -0.512. The Hall–Kier alpha value is -5.81. The summed E-state index contributed by atoms with van der Waals surface area (Å²) in [5.41, 5.74) is 7.87. The van der Waals surface area contributed by atoms with Gasteiger partial charge in [-0.1, -0.05) is 60.2 Å². The molecule has 1 amide bonds. The fraction of sp³-hybridized carbons (Fsp3) is 0.0312. The number of carbonyl (C=O) groups is 2. The highest BCUT2D eigenvalue weighted by Gasteiger charge is 2.36. The van der Waals surface area contributed by atoms with Gasteiger partial charge in [-0.2, -0.15) is 15.2 Å². The number of anilines is 2. The molecule has 0 atom stereocenters. The second kappa shape index (κ2) is 11.6. The molecule has 1 aliphatic heterocycles. The number of thiazole rings is 1. The van der Waals surface area contributed by atoms with E-state index in [1.807, 2.05) is 42.6 Å². The summed E-state index contributed by atoms with van der Waals surface area (Å²) >= 11 is 1.26. The maximum atomic E-state index is 13.6. The zero-order chi connectivity index (χ0) is 29.9. The number of aromatic nitrogens is 1. The molecule has 43 heavy (non-hydrogen) atoms. The van der Waals surface area contributed by atoms with E-state index in [1.165, 1.54) is 40.6 Å². The first kappa shape index (κ1) is 27.4. The van der Waals surface area contributed by atoms with Gasteiger partial charge in [-0.3, -0.25) is 25.1 Å². The van der Waals surface area contributed by atoms with Gasteiger partial charge >= 0.3 is 5.91 Å². The lowest BCUT2D eigenvalue weighted by molar-refractivity contribution is -0.384. The summed E-state index contributed by atoms with van der Waals surface area (Å²) in [6, 6.07) is 29.3. The Morgan fingerprint density at radius 2 is 1.53 bits per heavy atom. The lowest BCUT2D eigenvalue weighted by Gasteiger charge is -2.07. The van der Waals surface area contributed by atoms with Crippen LogP contribution >= 0.6 is 11.3 Å². The van der Waals surface area contributed by atoms with E-state index in [2.05, 4.69) is 20.6 Å². The van der Waals surface area contributed by atoms with Crippen LogP contribution in [0.3, 0.4) is 0 Å². The van der Waals surface area contributed by atoms with Gasteiger partial charge in [0.25, 0.3) is 5.69 Å². The molecule has 6 rings (SSSR count). The van der Waals surface area contributed by atoms with Gasteiger partial charge in [-0.15, -0.1) is 11.3 Å². The summed E-state index contributed by atoms with van der Waals surface area (Å²) in [7, 11) is 0. The number of hydrazone groups is 2. The predicted molar refractivity (Wildman–Crippen MR) is 167 cm³/mol. The van der Waals surface area contributed by atoms with Crippen LogP contribution in [0.15, 0.2) is 119 Å². The van der Waals surface area contributed by atoms with E-state index < -0.39 is 10.8 Å². The molecule has 0 saturated carbocycles. The Morgan fingerprint density at radius 3 is 2.21 bits per heavy atom. The predicted octanol–water partition coefficient (Wildman–Crippen LogP) is 6.48. The number of ketones is 1. The van der Waals surface area contributed by atoms with E-state index in [9.17, 15) is 19.7 Å². The molecule has 1 aliphatic rings. The summed E-state index contributed by atoms with van der Waals surface area (Å²) in [5.74, 6) is -0.623. The number of nitrogens with one attached hydrogen (secondary N) is 1. The molecule has 1 aromatic heterocycles. The monoisotopic (exact) mass is 586 g/mol. The van der Waals surface area contributed by atoms with Crippen molar-refractivity contribution in [1.82, 2.24) is 4.98 Å². The van der Waals surface area contributed by atoms with Crippen LogP contribution in [0, 0.1) is 17.0 Å². The summed E-state index contributed by atoms with van der Waals surface area (Å²) in [6.45, 7) is 2.00. The van der Waals surface area contributed by atoms with Crippen molar-refractivity contribution in [1.29, 1.82) is 0 Å². The van der Waals surface area contributed by atoms with E-state index in [-0.39, 0.29) is 22.9 Å². The smallest absolute Gasteiger partial charge is 0.289 e. The number of benzene rings is 4. The minimum Gasteiger partial charge on any atom is -0.289 e. The van der Waals surface area contributed by atoms with Crippen LogP contribution in [-0.4, -0.2) is 33.0 Å². The molecule has 11 heteroatoms. The second-order valence-corrected chi connectivity index (χ2v) is 10.4. The quantitative estimate of drug-likeness (QED) is 0.126. The average molecular weight is 587 g/mol. The summed E-state index contributed by atoms with van der Waals surface area (Å²) in [6.07, 6.45) is 0. The van der Waals surface area contributed by atoms with E-state index in [0.717, 1.165) is 11.1 Å². The van der Waals surface area contributed by atoms with Crippen molar-refractivity contribution in [3.05, 3.63) is 141 Å². The number of aryl methyl sites for hydroxylation is 1. The van der Waals surface area contributed by atoms with Crippen LogP contribution in [0.4, 0.5) is 16.5 Å². The van der Waals surface area contributed by atoms with Crippen molar-refractivity contribution in [2.75, 3.05) is 10.4 Å². The first-order valence-corrected chi connectivity index (χ1v) is 14.0. The molecule has 210 valence electrons. The Morgan fingerprint density at radius 1 is 0.884 bits per heavy atom. The van der Waals surface area contributed by atoms with Crippen LogP contribution in [0.1, 0.15) is 27.0 Å². The topological polar surface area (TPSA) is 130 Å². The molecule has 1 N–H and O–H groups in total. The Kier molecular flexibility index (Phi) is 7.37. The van der Waals surface area contributed by atoms with E-state index in [1.54, 1.807) is 48.5 Å². The minimum absolute atomic E-state index is 0.00498. The zero-order valence-electron chi connectivity index (χ0n) is 22.7. The average Bonchev–Trinajstić information content (AvgIpc) is 3.65. The third kappa shape index (κ3) is 5.69. The molecule has 0 unspecified atom stereocenters. The standard InChI is InChI=1S/C32H22N6O4S/c1-20-7-9-21(10-8-20)27-19-43-32(33-27)37-31(40)29(28(36-37)22-13-17-26(18-14-22)38(41)42)35-34-25-15-11-24(12-16-25)30(39)23-5-3-2-4-6-23/h2-19,34H,1H3. The van der Waals surface area contributed by atoms with Gasteiger partial charge in [-0.25, -0.2) is 4.98 Å². The molecule has 5 aromatic rings. The highest BCUT2D eigenvalue weighted by molar-refractivity contribution is 7.14. The third-order valence-electron chi connectivity index (χ3n) is 6.67. The Bertz CT molecular complexity index is 1900. The number of non-ortho nitro benzene ring substituents is 1. The van der Waals surface area contributed by atoms with Crippen molar-refractivity contribution in [2.24, 2.45) is 10.2 Å². The van der Waals surface area contributed by atoms with Gasteiger partial charge in [0.15, 0.2) is 11.5 Å². The first-order valence-electron chi connectivity index (χ1n) is 13.1. The molecular formula is C32H22N6O4S. The SMILES string of the molecule is Cc1ccc(-c2csc(N3N=C(c4ccc([N+](=O)[O-])cc4)C(=NNc4ccc(C(=O)c5ccccc5)cc4)C3=O)n2)cc1. The highest BCUT2D eigenvalue weighted by Crippen LogP contribution is 2.31. The van der Waals surface area contributed by atoms with Crippen molar-refractivity contribution in [3.63, 3.8) is 0 Å². The normalized spacial score (nSPS) is 13.7. The van der Waals surface area contributed by atoms with Crippen molar-refractivity contribution in [3.8, 4) is 11.3 Å². The summed E-state index contributed by atoms with van der Waals surface area (Å²) in [5, 5.41) is 23.5. The van der Waals surface area contributed by atoms with Gasteiger partial charge in [-0.05, 0) is 43.3 Å². The van der Waals surface area contributed by atoms with Crippen LogP contribution in [0.5, 0.6) is 0 Å². The molecule has 0 radical (unpaired) electrons. The maximum Gasteiger partial charge on any atom is 0.303 e. The number of nitro groups is 1. The summed E-state index contributed by atoms with van der Waals surface area (Å²) < 4.78 is 0. The van der Waals surface area contributed by atoms with E-state index >= 15 is 0 Å². The molecule has 0 bridgehead atoms. The highest BCUT2D eigenvalue weighted by atomic mass is 32.1. The maximum absolute atomic E-state index is 13.6. The lowest BCUT2D eigenvalue weighted by Crippen LogP contribution is -2.28. The van der Waals surface area contributed by atoms with E-state index in [0.29, 0.717) is 33.2 Å². The Balaban J connectivity index is 1.29. The lowest BCUT2D eigenvalue weighted by atomic mass is 10.0. The Labute approximate surface area is 249 Å². The van der Waals surface area contributed by atoms with Crippen molar-refractivity contribution in [2.45, 2.75) is 6.92 Å². The number of hydrogen-bond acceptors (Lipinski definition) is 9. The van der Waals surface area contributed by atoms with Crippen molar-refractivity contribution >= 4 is 51.0 Å². The van der Waals surface area contributed by atoms with Gasteiger partial charge in [0.1, 0.15) is 5.71 Å². The fourth-order valence-electron chi connectivity index (χ4n) is 4.35. The van der Waals surface area contributed by atoms with Gasteiger partial charge in [0.2, 0.25) is 5.13 Å². The van der Waals surface area contributed by atoms with Gasteiger partial charge < -0.3 is 0 Å². The number of amides is 1. The number of nitrogens with zero attached hydrogens (tertiary/aromatic N) is 5. The fourth-order valence-corrected chi connectivity index (χ4v) is 5.13. The molecule has 10 nitrogen and oxygen atoms in total. The molecule has 0 saturated heterocycles. The molecule has 0 aliphatic carbocycles. The number of nitro benzene ring substituents is 1. The van der Waals surface area contributed by atoms with Crippen LogP contribution < -0.4 is 10.4 Å². The number of carbonyl (C=O) groups excluding carboxylic acids is 2. The number of hydrogen-bond donors (Lipinski definition) is 1. The second-order valence-electron chi connectivity index (χ2n) is 9.60. The third-order valence-corrected chi connectivity index (χ3v) is 7.49. The largest absolute Gasteiger partial charge is 0.303 e. The molecular weight excluding hydrogens is 564 g/mol. The van der Waals surface area contributed by atoms with Crippen molar-refractivity contribution < 1.29 is 14.5 Å². The molecule has 2 heterocycles. The van der Waals surface area contributed by atoms with E-state index in [4.69, 9.17) is 0 Å². The molecule has 0 fully saturated rings. The molecule has 4 aromatic carbocycles. The van der Waals surface area contributed by atoms with Crippen LogP contribution in [-0.2, 0) is 4.79 Å². The molecule has 0 spiro atoms.